The minimum absolute atomic E-state index is 0.236. The van der Waals surface area contributed by atoms with Gasteiger partial charge in [-0.2, -0.15) is 0 Å². The number of ketones is 1. The molecule has 3 aromatic rings. The molecule has 8 nitrogen and oxygen atoms in total. The van der Waals surface area contributed by atoms with Crippen molar-refractivity contribution >= 4 is 28.7 Å². The minimum atomic E-state index is -0.546. The molecule has 0 aliphatic heterocycles. The summed E-state index contributed by atoms with van der Waals surface area (Å²) >= 11 is 0. The van der Waals surface area contributed by atoms with Gasteiger partial charge in [-0.25, -0.2) is 4.79 Å². The van der Waals surface area contributed by atoms with Crippen LogP contribution < -0.4 is 18.9 Å². The highest BCUT2D eigenvalue weighted by molar-refractivity contribution is 6.10. The molecule has 0 bridgehead atoms. The Morgan fingerprint density at radius 3 is 2.10 bits per heavy atom. The Bertz CT molecular complexity index is 1140. The molecular weight excluding hydrogens is 402 g/mol. The van der Waals surface area contributed by atoms with Gasteiger partial charge in [-0.05, 0) is 42.5 Å². The summed E-state index contributed by atoms with van der Waals surface area (Å²) < 4.78 is 26.1. The van der Waals surface area contributed by atoms with Gasteiger partial charge < -0.3 is 28.7 Å². The minimum Gasteiger partial charge on any atom is -0.497 e. The first-order chi connectivity index (χ1) is 15.0. The van der Waals surface area contributed by atoms with E-state index in [9.17, 15) is 9.59 Å². The van der Waals surface area contributed by atoms with Crippen molar-refractivity contribution in [2.75, 3.05) is 35.5 Å². The summed E-state index contributed by atoms with van der Waals surface area (Å²) in [6, 6.07) is 8.47. The second-order valence-corrected chi connectivity index (χ2v) is 6.43. The summed E-state index contributed by atoms with van der Waals surface area (Å²) in [4.78, 5) is 28.2. The normalized spacial score (nSPS) is 10.9. The molecule has 0 fully saturated rings. The highest BCUT2D eigenvalue weighted by Crippen LogP contribution is 2.38. The molecule has 31 heavy (non-hydrogen) atoms. The van der Waals surface area contributed by atoms with Crippen molar-refractivity contribution in [2.24, 2.45) is 0 Å². The number of H-pyrrole nitrogens is 1. The van der Waals surface area contributed by atoms with Gasteiger partial charge in [0.2, 0.25) is 5.75 Å². The fraction of sp³-hybridized carbons (Fsp3) is 0.217. The summed E-state index contributed by atoms with van der Waals surface area (Å²) in [6.07, 6.45) is 2.94. The second-order valence-electron chi connectivity index (χ2n) is 6.43. The fourth-order valence-corrected chi connectivity index (χ4v) is 3.23. The van der Waals surface area contributed by atoms with Crippen LogP contribution in [0.2, 0.25) is 0 Å². The van der Waals surface area contributed by atoms with E-state index >= 15 is 0 Å². The fourth-order valence-electron chi connectivity index (χ4n) is 3.23. The molecule has 0 spiro atoms. The molecule has 0 unspecified atom stereocenters. The molecule has 0 saturated heterocycles. The Morgan fingerprint density at radius 1 is 0.871 bits per heavy atom. The number of carbonyl (C=O) groups excluding carboxylic acids is 2. The quantitative estimate of drug-likeness (QED) is 0.332. The van der Waals surface area contributed by atoms with Crippen LogP contribution in [0.5, 0.6) is 23.0 Å². The molecule has 0 aliphatic carbocycles. The third-order valence-electron chi connectivity index (χ3n) is 4.79. The van der Waals surface area contributed by atoms with E-state index in [0.29, 0.717) is 45.0 Å². The number of aromatic amines is 1. The molecule has 1 N–H and O–H groups in total. The standard InChI is InChI=1S/C23H23NO7/c1-27-14-6-8-17-16(12-14)15(21(24-17)23(26)31-5)7-9-18(25)13-10-19(28-2)22(30-4)20(11-13)29-3/h6-12,24H,1-5H3/b9-7+. The molecule has 3 rings (SSSR count). The number of carbonyl (C=O) groups is 2. The van der Waals surface area contributed by atoms with Crippen LogP contribution in [0.15, 0.2) is 36.4 Å². The van der Waals surface area contributed by atoms with Crippen LogP contribution in [0.3, 0.4) is 0 Å². The largest absolute Gasteiger partial charge is 0.497 e. The second kappa shape index (κ2) is 9.25. The molecule has 8 heteroatoms. The van der Waals surface area contributed by atoms with Crippen molar-refractivity contribution in [3.63, 3.8) is 0 Å². The van der Waals surface area contributed by atoms with Crippen LogP contribution in [0.4, 0.5) is 0 Å². The molecule has 2 aromatic carbocycles. The first-order valence-corrected chi connectivity index (χ1v) is 9.27. The molecule has 1 heterocycles. The van der Waals surface area contributed by atoms with E-state index in [1.807, 2.05) is 0 Å². The van der Waals surface area contributed by atoms with Crippen molar-refractivity contribution in [3.8, 4) is 23.0 Å². The van der Waals surface area contributed by atoms with Crippen molar-refractivity contribution in [1.82, 2.24) is 4.98 Å². The van der Waals surface area contributed by atoms with Gasteiger partial charge in [-0.15, -0.1) is 0 Å². The van der Waals surface area contributed by atoms with Crippen LogP contribution in [-0.2, 0) is 4.74 Å². The zero-order chi connectivity index (χ0) is 22.5. The van der Waals surface area contributed by atoms with Gasteiger partial charge in [-0.3, -0.25) is 4.79 Å². The van der Waals surface area contributed by atoms with E-state index in [1.54, 1.807) is 43.5 Å². The number of rotatable bonds is 8. The van der Waals surface area contributed by atoms with Crippen molar-refractivity contribution in [1.29, 1.82) is 0 Å². The third kappa shape index (κ3) is 4.18. The zero-order valence-electron chi connectivity index (χ0n) is 17.9. The highest BCUT2D eigenvalue weighted by atomic mass is 16.5. The average Bonchev–Trinajstić information content (AvgIpc) is 3.18. The lowest BCUT2D eigenvalue weighted by molar-refractivity contribution is 0.0594. The van der Waals surface area contributed by atoms with E-state index in [0.717, 1.165) is 0 Å². The average molecular weight is 425 g/mol. The summed E-state index contributed by atoms with van der Waals surface area (Å²) in [6.45, 7) is 0. The van der Waals surface area contributed by atoms with Gasteiger partial charge in [-0.1, -0.05) is 0 Å². The van der Waals surface area contributed by atoms with E-state index < -0.39 is 5.97 Å². The number of fused-ring (bicyclic) bond motifs is 1. The maximum Gasteiger partial charge on any atom is 0.355 e. The number of hydrogen-bond acceptors (Lipinski definition) is 7. The zero-order valence-corrected chi connectivity index (χ0v) is 17.9. The highest BCUT2D eigenvalue weighted by Gasteiger charge is 2.19. The number of allylic oxidation sites excluding steroid dienone is 1. The number of hydrogen-bond donors (Lipinski definition) is 1. The first-order valence-electron chi connectivity index (χ1n) is 9.27. The van der Waals surface area contributed by atoms with Crippen LogP contribution in [-0.4, -0.2) is 52.3 Å². The molecule has 0 radical (unpaired) electrons. The van der Waals surface area contributed by atoms with Crippen LogP contribution in [0, 0.1) is 0 Å². The van der Waals surface area contributed by atoms with Gasteiger partial charge in [0, 0.05) is 22.0 Å². The Balaban J connectivity index is 2.07. The molecule has 0 amide bonds. The number of aromatic nitrogens is 1. The predicted octanol–water partition coefficient (Wildman–Crippen LogP) is 3.89. The van der Waals surface area contributed by atoms with Crippen molar-refractivity contribution in [3.05, 3.63) is 53.2 Å². The lowest BCUT2D eigenvalue weighted by Gasteiger charge is -2.13. The maximum absolute atomic E-state index is 12.9. The number of methoxy groups -OCH3 is 5. The lowest BCUT2D eigenvalue weighted by Crippen LogP contribution is -2.03. The topological polar surface area (TPSA) is 96.1 Å². The van der Waals surface area contributed by atoms with E-state index in [-0.39, 0.29) is 11.5 Å². The van der Waals surface area contributed by atoms with E-state index in [2.05, 4.69) is 4.98 Å². The Kier molecular flexibility index (Phi) is 6.49. The van der Waals surface area contributed by atoms with E-state index in [1.165, 1.54) is 34.5 Å². The SMILES string of the molecule is COC(=O)c1[nH]c2ccc(OC)cc2c1/C=C/C(=O)c1cc(OC)c(OC)c(OC)c1. The summed E-state index contributed by atoms with van der Waals surface area (Å²) in [7, 11) is 7.29. The van der Waals surface area contributed by atoms with Gasteiger partial charge in [0.15, 0.2) is 17.3 Å². The molecule has 0 saturated carbocycles. The lowest BCUT2D eigenvalue weighted by atomic mass is 10.1. The third-order valence-corrected chi connectivity index (χ3v) is 4.79. The molecule has 1 aromatic heterocycles. The predicted molar refractivity (Wildman–Crippen MR) is 116 cm³/mol. The Morgan fingerprint density at radius 2 is 1.55 bits per heavy atom. The number of esters is 1. The first kappa shape index (κ1) is 21.8. The van der Waals surface area contributed by atoms with Crippen LogP contribution in [0.25, 0.3) is 17.0 Å². The van der Waals surface area contributed by atoms with E-state index in [4.69, 9.17) is 23.7 Å². The maximum atomic E-state index is 12.9. The van der Waals surface area contributed by atoms with Gasteiger partial charge in [0.25, 0.3) is 0 Å². The molecule has 162 valence electrons. The summed E-state index contributed by atoms with van der Waals surface area (Å²) in [5.74, 6) is 0.884. The Labute approximate surface area is 179 Å². The monoisotopic (exact) mass is 425 g/mol. The van der Waals surface area contributed by atoms with Crippen LogP contribution in [0.1, 0.15) is 26.4 Å². The number of benzene rings is 2. The molecule has 0 aliphatic rings. The van der Waals surface area contributed by atoms with Gasteiger partial charge in [0.1, 0.15) is 11.4 Å². The molecule has 0 atom stereocenters. The van der Waals surface area contributed by atoms with Gasteiger partial charge in [0.05, 0.1) is 35.5 Å². The summed E-state index contributed by atoms with van der Waals surface area (Å²) in [5, 5.41) is 0.716. The molecular formula is C23H23NO7. The smallest absolute Gasteiger partial charge is 0.355 e. The number of ether oxygens (including phenoxy) is 5. The summed E-state index contributed by atoms with van der Waals surface area (Å²) in [5.41, 5.74) is 1.80. The Hall–Kier alpha value is -3.94. The van der Waals surface area contributed by atoms with Crippen LogP contribution >= 0.6 is 0 Å². The van der Waals surface area contributed by atoms with Crippen molar-refractivity contribution in [2.45, 2.75) is 0 Å². The van der Waals surface area contributed by atoms with Crippen molar-refractivity contribution < 1.29 is 33.3 Å². The van der Waals surface area contributed by atoms with Gasteiger partial charge >= 0.3 is 5.97 Å². The number of nitrogens with one attached hydrogen (secondary N) is 1.